The minimum absolute atomic E-state index is 0.289. The van der Waals surface area contributed by atoms with Gasteiger partial charge >= 0.3 is 0 Å². The summed E-state index contributed by atoms with van der Waals surface area (Å²) in [5, 5.41) is 12.5. The largest absolute Gasteiger partial charge is 0.383 e. The van der Waals surface area contributed by atoms with Gasteiger partial charge in [0, 0.05) is 17.3 Å². The molecular weight excluding hydrogens is 263 g/mol. The van der Waals surface area contributed by atoms with Crippen molar-refractivity contribution >= 4 is 17.3 Å². The molecule has 1 unspecified atom stereocenters. The summed E-state index contributed by atoms with van der Waals surface area (Å²) in [5.74, 6) is -0.688. The molecule has 0 radical (unpaired) electrons. The molecule has 4 heteroatoms. The SMILES string of the molecule is N#CC(CNc1cc(F)cc(Cl)c1)c1ccccc1. The maximum atomic E-state index is 13.2. The third kappa shape index (κ3) is 3.70. The van der Waals surface area contributed by atoms with Crippen molar-refractivity contribution in [2.45, 2.75) is 5.92 Å². The fourth-order valence-electron chi connectivity index (χ4n) is 1.80. The van der Waals surface area contributed by atoms with Crippen LogP contribution in [0.15, 0.2) is 48.5 Å². The third-order valence-electron chi connectivity index (χ3n) is 2.73. The van der Waals surface area contributed by atoms with Crippen molar-refractivity contribution < 1.29 is 4.39 Å². The molecule has 0 aliphatic carbocycles. The zero-order chi connectivity index (χ0) is 13.7. The lowest BCUT2D eigenvalue weighted by Crippen LogP contribution is -2.11. The molecule has 0 saturated carbocycles. The molecule has 96 valence electrons. The average molecular weight is 275 g/mol. The van der Waals surface area contributed by atoms with Crippen molar-refractivity contribution in [2.24, 2.45) is 0 Å². The van der Waals surface area contributed by atoms with Gasteiger partial charge in [0.2, 0.25) is 0 Å². The van der Waals surface area contributed by atoms with E-state index in [2.05, 4.69) is 11.4 Å². The summed E-state index contributed by atoms with van der Waals surface area (Å²) in [4.78, 5) is 0. The Morgan fingerprint density at radius 1 is 1.21 bits per heavy atom. The number of hydrogen-bond donors (Lipinski definition) is 1. The van der Waals surface area contributed by atoms with Crippen LogP contribution in [0.1, 0.15) is 11.5 Å². The number of hydrogen-bond acceptors (Lipinski definition) is 2. The van der Waals surface area contributed by atoms with Gasteiger partial charge in [-0.15, -0.1) is 0 Å². The molecule has 0 aromatic heterocycles. The number of benzene rings is 2. The zero-order valence-electron chi connectivity index (χ0n) is 10.1. The van der Waals surface area contributed by atoms with Gasteiger partial charge < -0.3 is 5.32 Å². The molecule has 0 aliphatic heterocycles. The van der Waals surface area contributed by atoms with E-state index in [1.807, 2.05) is 30.3 Å². The molecule has 2 aromatic carbocycles. The molecule has 0 amide bonds. The highest BCUT2D eigenvalue weighted by Crippen LogP contribution is 2.20. The van der Waals surface area contributed by atoms with Gasteiger partial charge in [0.15, 0.2) is 0 Å². The van der Waals surface area contributed by atoms with E-state index in [0.29, 0.717) is 17.3 Å². The summed E-state index contributed by atoms with van der Waals surface area (Å²) in [6, 6.07) is 15.9. The van der Waals surface area contributed by atoms with Gasteiger partial charge in [0.05, 0.1) is 12.0 Å². The topological polar surface area (TPSA) is 35.8 Å². The van der Waals surface area contributed by atoms with E-state index in [4.69, 9.17) is 11.6 Å². The van der Waals surface area contributed by atoms with Crippen LogP contribution in [0.5, 0.6) is 0 Å². The van der Waals surface area contributed by atoms with Gasteiger partial charge in [0.1, 0.15) is 5.82 Å². The second-order valence-electron chi connectivity index (χ2n) is 4.13. The lowest BCUT2D eigenvalue weighted by molar-refractivity contribution is 0.628. The molecule has 0 fully saturated rings. The Morgan fingerprint density at radius 3 is 2.58 bits per heavy atom. The van der Waals surface area contributed by atoms with Gasteiger partial charge in [-0.25, -0.2) is 4.39 Å². The lowest BCUT2D eigenvalue weighted by atomic mass is 10.0. The van der Waals surface area contributed by atoms with E-state index in [1.165, 1.54) is 12.1 Å². The Balaban J connectivity index is 2.07. The zero-order valence-corrected chi connectivity index (χ0v) is 10.9. The van der Waals surface area contributed by atoms with E-state index >= 15 is 0 Å². The van der Waals surface area contributed by atoms with Crippen LogP contribution >= 0.6 is 11.6 Å². The molecule has 0 heterocycles. The Hall–Kier alpha value is -2.05. The highest BCUT2D eigenvalue weighted by molar-refractivity contribution is 6.30. The van der Waals surface area contributed by atoms with Crippen LogP contribution in [-0.4, -0.2) is 6.54 Å². The van der Waals surface area contributed by atoms with Crippen molar-refractivity contribution in [3.05, 3.63) is 64.9 Å². The Kier molecular flexibility index (Phi) is 4.38. The minimum Gasteiger partial charge on any atom is -0.383 e. The molecule has 2 aromatic rings. The smallest absolute Gasteiger partial charge is 0.126 e. The first-order valence-corrected chi connectivity index (χ1v) is 6.21. The summed E-state index contributed by atoms with van der Waals surface area (Å²) in [5.41, 5.74) is 1.50. The molecule has 0 spiro atoms. The summed E-state index contributed by atoms with van der Waals surface area (Å²) in [7, 11) is 0. The molecule has 19 heavy (non-hydrogen) atoms. The highest BCUT2D eigenvalue weighted by atomic mass is 35.5. The number of nitrogens with one attached hydrogen (secondary N) is 1. The summed E-state index contributed by atoms with van der Waals surface area (Å²) < 4.78 is 13.2. The first kappa shape index (κ1) is 13.4. The van der Waals surface area contributed by atoms with Crippen LogP contribution in [-0.2, 0) is 0 Å². The van der Waals surface area contributed by atoms with Crippen molar-refractivity contribution in [1.82, 2.24) is 0 Å². The monoisotopic (exact) mass is 274 g/mol. The van der Waals surface area contributed by atoms with Crippen molar-refractivity contribution in [2.75, 3.05) is 11.9 Å². The van der Waals surface area contributed by atoms with Gasteiger partial charge in [-0.3, -0.25) is 0 Å². The van der Waals surface area contributed by atoms with Gasteiger partial charge in [0.25, 0.3) is 0 Å². The molecule has 2 nitrogen and oxygen atoms in total. The summed E-state index contributed by atoms with van der Waals surface area (Å²) in [6.07, 6.45) is 0. The van der Waals surface area contributed by atoms with E-state index < -0.39 is 5.82 Å². The third-order valence-corrected chi connectivity index (χ3v) is 2.95. The molecule has 2 rings (SSSR count). The fraction of sp³-hybridized carbons (Fsp3) is 0.133. The first-order valence-electron chi connectivity index (χ1n) is 5.83. The number of anilines is 1. The predicted molar refractivity (Wildman–Crippen MR) is 74.7 cm³/mol. The van der Waals surface area contributed by atoms with Crippen molar-refractivity contribution in [3.63, 3.8) is 0 Å². The normalized spacial score (nSPS) is 11.6. The van der Waals surface area contributed by atoms with Crippen LogP contribution < -0.4 is 5.32 Å². The van der Waals surface area contributed by atoms with Crippen LogP contribution in [0, 0.1) is 17.1 Å². The fourth-order valence-corrected chi connectivity index (χ4v) is 2.02. The highest BCUT2D eigenvalue weighted by Gasteiger charge is 2.10. The maximum Gasteiger partial charge on any atom is 0.126 e. The van der Waals surface area contributed by atoms with Gasteiger partial charge in [-0.2, -0.15) is 5.26 Å². The number of nitriles is 1. The van der Waals surface area contributed by atoms with Crippen LogP contribution in [0.4, 0.5) is 10.1 Å². The summed E-state index contributed by atoms with van der Waals surface area (Å²) >= 11 is 5.77. The molecule has 0 saturated heterocycles. The van der Waals surface area contributed by atoms with E-state index in [0.717, 1.165) is 5.56 Å². The predicted octanol–water partition coefficient (Wildman–Crippen LogP) is 4.20. The Bertz CT molecular complexity index is 573. The molecule has 0 aliphatic rings. The summed E-state index contributed by atoms with van der Waals surface area (Å²) in [6.45, 7) is 0.403. The number of halogens is 2. The number of rotatable bonds is 4. The van der Waals surface area contributed by atoms with Crippen LogP contribution in [0.2, 0.25) is 5.02 Å². The Morgan fingerprint density at radius 2 is 1.95 bits per heavy atom. The van der Waals surface area contributed by atoms with E-state index in [9.17, 15) is 9.65 Å². The van der Waals surface area contributed by atoms with E-state index in [-0.39, 0.29) is 5.92 Å². The maximum absolute atomic E-state index is 13.2. The number of nitrogens with zero attached hydrogens (tertiary/aromatic N) is 1. The second-order valence-corrected chi connectivity index (χ2v) is 4.57. The molecule has 1 atom stereocenters. The van der Waals surface area contributed by atoms with E-state index in [1.54, 1.807) is 6.07 Å². The molecule has 0 bridgehead atoms. The van der Waals surface area contributed by atoms with Crippen LogP contribution in [0.3, 0.4) is 0 Å². The standard InChI is InChI=1S/C15H12ClFN2/c16-13-6-14(17)8-15(7-13)19-10-12(9-18)11-4-2-1-3-5-11/h1-8,12,19H,10H2. The molecular formula is C15H12ClFN2. The van der Waals surface area contributed by atoms with Crippen molar-refractivity contribution in [1.29, 1.82) is 5.26 Å². The Labute approximate surface area is 116 Å². The first-order chi connectivity index (χ1) is 9.19. The van der Waals surface area contributed by atoms with Crippen LogP contribution in [0.25, 0.3) is 0 Å². The minimum atomic E-state index is -0.400. The lowest BCUT2D eigenvalue weighted by Gasteiger charge is -2.12. The molecule has 1 N–H and O–H groups in total. The van der Waals surface area contributed by atoms with Gasteiger partial charge in [-0.05, 0) is 23.8 Å². The second kappa shape index (κ2) is 6.21. The van der Waals surface area contributed by atoms with Gasteiger partial charge in [-0.1, -0.05) is 41.9 Å². The average Bonchev–Trinajstić information content (AvgIpc) is 2.39. The quantitative estimate of drug-likeness (QED) is 0.907. The van der Waals surface area contributed by atoms with Crippen molar-refractivity contribution in [3.8, 4) is 6.07 Å².